The fourth-order valence-corrected chi connectivity index (χ4v) is 4.76. The minimum absolute atomic E-state index is 0.247. The minimum Gasteiger partial charge on any atom is -0.354 e. The van der Waals surface area contributed by atoms with E-state index >= 15 is 0 Å². The van der Waals surface area contributed by atoms with E-state index in [0.717, 1.165) is 37.7 Å². The summed E-state index contributed by atoms with van der Waals surface area (Å²) in [6.45, 7) is 4.99. The highest BCUT2D eigenvalue weighted by Crippen LogP contribution is 2.39. The van der Waals surface area contributed by atoms with E-state index in [1.54, 1.807) is 26.0 Å². The number of sulfone groups is 1. The second-order valence-corrected chi connectivity index (χ2v) is 10.2. The zero-order valence-electron chi connectivity index (χ0n) is 15.2. The first-order valence-corrected chi connectivity index (χ1v) is 10.6. The van der Waals surface area contributed by atoms with Crippen molar-refractivity contribution in [2.75, 3.05) is 6.54 Å². The number of hydrogen-bond acceptors (Lipinski definition) is 3. The third-order valence-corrected chi connectivity index (χ3v) is 7.90. The van der Waals surface area contributed by atoms with Crippen LogP contribution in [0, 0.1) is 5.82 Å². The molecule has 1 atom stereocenters. The van der Waals surface area contributed by atoms with Crippen molar-refractivity contribution in [2.24, 2.45) is 0 Å². The fourth-order valence-electron chi connectivity index (χ4n) is 3.56. The summed E-state index contributed by atoms with van der Waals surface area (Å²) in [6, 6.07) is 6.45. The fraction of sp³-hybridized carbons (Fsp3) is 0.632. The first-order chi connectivity index (χ1) is 11.7. The van der Waals surface area contributed by atoms with Gasteiger partial charge < -0.3 is 5.32 Å². The molecule has 140 valence electrons. The molecular weight excluding hydrogens is 341 g/mol. The number of carbonyl (C=O) groups is 1. The first kappa shape index (κ1) is 19.9. The Morgan fingerprint density at radius 3 is 2.20 bits per heavy atom. The Hall–Kier alpha value is -1.43. The van der Waals surface area contributed by atoms with Crippen molar-refractivity contribution in [1.82, 2.24) is 5.32 Å². The molecule has 0 bridgehead atoms. The second kappa shape index (κ2) is 7.85. The van der Waals surface area contributed by atoms with Crippen LogP contribution >= 0.6 is 0 Å². The van der Waals surface area contributed by atoms with Gasteiger partial charge in [0.05, 0.1) is 5.25 Å². The van der Waals surface area contributed by atoms with E-state index in [9.17, 15) is 17.6 Å². The van der Waals surface area contributed by atoms with E-state index in [0.29, 0.717) is 6.54 Å². The van der Waals surface area contributed by atoms with Crippen LogP contribution in [-0.4, -0.2) is 31.4 Å². The van der Waals surface area contributed by atoms with Crippen LogP contribution in [-0.2, 0) is 20.0 Å². The van der Waals surface area contributed by atoms with Gasteiger partial charge in [-0.1, -0.05) is 31.4 Å². The molecule has 0 heterocycles. The van der Waals surface area contributed by atoms with Crippen LogP contribution in [0.3, 0.4) is 0 Å². The van der Waals surface area contributed by atoms with E-state index in [4.69, 9.17) is 0 Å². The normalized spacial score (nSPS) is 18.8. The molecule has 1 aromatic rings. The molecule has 6 heteroatoms. The molecule has 2 rings (SSSR count). The highest BCUT2D eigenvalue weighted by Gasteiger charge is 2.36. The highest BCUT2D eigenvalue weighted by molar-refractivity contribution is 7.93. The average molecular weight is 370 g/mol. The summed E-state index contributed by atoms with van der Waals surface area (Å²) < 4.78 is 37.7. The van der Waals surface area contributed by atoms with Gasteiger partial charge in [-0.05, 0) is 51.3 Å². The lowest BCUT2D eigenvalue weighted by atomic mass is 9.69. The number of nitrogens with one attached hydrogen (secondary N) is 1. The smallest absolute Gasteiger partial charge is 0.238 e. The van der Waals surface area contributed by atoms with Crippen molar-refractivity contribution >= 4 is 15.7 Å². The van der Waals surface area contributed by atoms with E-state index < -0.39 is 26.2 Å². The van der Waals surface area contributed by atoms with Crippen LogP contribution in [0.1, 0.15) is 58.4 Å². The topological polar surface area (TPSA) is 63.2 Å². The predicted molar refractivity (Wildman–Crippen MR) is 97.7 cm³/mol. The number of rotatable bonds is 6. The Morgan fingerprint density at radius 2 is 1.68 bits per heavy atom. The van der Waals surface area contributed by atoms with Crippen molar-refractivity contribution in [3.63, 3.8) is 0 Å². The zero-order valence-corrected chi connectivity index (χ0v) is 16.0. The lowest BCUT2D eigenvalue weighted by Crippen LogP contribution is -2.47. The van der Waals surface area contributed by atoms with E-state index in [2.05, 4.69) is 5.32 Å². The van der Waals surface area contributed by atoms with Crippen molar-refractivity contribution in [3.8, 4) is 0 Å². The van der Waals surface area contributed by atoms with Crippen molar-refractivity contribution in [3.05, 3.63) is 35.6 Å². The van der Waals surface area contributed by atoms with E-state index in [1.807, 2.05) is 0 Å². The van der Waals surface area contributed by atoms with Gasteiger partial charge in [0.25, 0.3) is 0 Å². The molecule has 4 nitrogen and oxygen atoms in total. The van der Waals surface area contributed by atoms with Crippen molar-refractivity contribution < 1.29 is 17.6 Å². The molecule has 0 saturated heterocycles. The first-order valence-electron chi connectivity index (χ1n) is 8.95. The summed E-state index contributed by atoms with van der Waals surface area (Å²) in [7, 11) is -3.48. The number of benzene rings is 1. The van der Waals surface area contributed by atoms with E-state index in [1.165, 1.54) is 19.1 Å². The van der Waals surface area contributed by atoms with Gasteiger partial charge in [-0.2, -0.15) is 0 Å². The van der Waals surface area contributed by atoms with Crippen LogP contribution in [0.15, 0.2) is 24.3 Å². The monoisotopic (exact) mass is 369 g/mol. The summed E-state index contributed by atoms with van der Waals surface area (Å²) >= 11 is 0. The third kappa shape index (κ3) is 4.40. The van der Waals surface area contributed by atoms with Gasteiger partial charge in [-0.25, -0.2) is 12.8 Å². The van der Waals surface area contributed by atoms with Crippen LogP contribution in [0.5, 0.6) is 0 Å². The Balaban J connectivity index is 2.16. The number of amides is 1. The van der Waals surface area contributed by atoms with Crippen molar-refractivity contribution in [1.29, 1.82) is 0 Å². The molecule has 25 heavy (non-hydrogen) atoms. The lowest BCUT2D eigenvalue weighted by Gasteiger charge is -2.38. The molecule has 1 unspecified atom stereocenters. The lowest BCUT2D eigenvalue weighted by molar-refractivity contribution is -0.120. The molecule has 1 aliphatic rings. The molecule has 1 aliphatic carbocycles. The maximum atomic E-state index is 13.3. The summed E-state index contributed by atoms with van der Waals surface area (Å²) in [5.41, 5.74) is 0.761. The SMILES string of the molecule is CC(C)S(=O)(=O)C(C)C(=O)NCC1(c2ccc(F)cc2)CCCCC1. The van der Waals surface area contributed by atoms with Crippen LogP contribution < -0.4 is 5.32 Å². The minimum atomic E-state index is -3.48. The van der Waals surface area contributed by atoms with Crippen molar-refractivity contribution in [2.45, 2.75) is 68.8 Å². The molecule has 0 aliphatic heterocycles. The zero-order chi connectivity index (χ0) is 18.7. The number of halogens is 1. The Morgan fingerprint density at radius 1 is 1.12 bits per heavy atom. The van der Waals surface area contributed by atoms with Crippen LogP contribution in [0.25, 0.3) is 0 Å². The molecule has 1 aromatic carbocycles. The van der Waals surface area contributed by atoms with Gasteiger partial charge in [0.15, 0.2) is 9.84 Å². The molecular formula is C19H28FNO3S. The predicted octanol–water partition coefficient (Wildman–Crippen LogP) is 3.36. The van der Waals surface area contributed by atoms with Crippen LogP contribution in [0.2, 0.25) is 0 Å². The summed E-state index contributed by atoms with van der Waals surface area (Å²) in [6.07, 6.45) is 5.06. The number of hydrogen-bond donors (Lipinski definition) is 1. The van der Waals surface area contributed by atoms with Gasteiger partial charge in [-0.15, -0.1) is 0 Å². The maximum absolute atomic E-state index is 13.3. The van der Waals surface area contributed by atoms with Gasteiger partial charge in [0, 0.05) is 12.0 Å². The third-order valence-electron chi connectivity index (χ3n) is 5.39. The molecule has 1 fully saturated rings. The summed E-state index contributed by atoms with van der Waals surface area (Å²) in [5, 5.41) is 1.20. The molecule has 1 saturated carbocycles. The van der Waals surface area contributed by atoms with Gasteiger partial charge in [0.2, 0.25) is 5.91 Å². The van der Waals surface area contributed by atoms with Crippen LogP contribution in [0.4, 0.5) is 4.39 Å². The maximum Gasteiger partial charge on any atom is 0.238 e. The molecule has 0 radical (unpaired) electrons. The average Bonchev–Trinajstić information content (AvgIpc) is 2.60. The molecule has 0 spiro atoms. The quantitative estimate of drug-likeness (QED) is 0.836. The van der Waals surface area contributed by atoms with Gasteiger partial charge in [-0.3, -0.25) is 4.79 Å². The van der Waals surface area contributed by atoms with Gasteiger partial charge >= 0.3 is 0 Å². The molecule has 1 N–H and O–H groups in total. The molecule has 0 aromatic heterocycles. The summed E-state index contributed by atoms with van der Waals surface area (Å²) in [4.78, 5) is 12.4. The Bertz CT molecular complexity index is 692. The Labute approximate surface area is 150 Å². The van der Waals surface area contributed by atoms with E-state index in [-0.39, 0.29) is 11.2 Å². The summed E-state index contributed by atoms with van der Waals surface area (Å²) in [5.74, 6) is -0.740. The largest absolute Gasteiger partial charge is 0.354 e. The number of carbonyl (C=O) groups excluding carboxylic acids is 1. The standard InChI is InChI=1S/C19H28FNO3S/c1-14(2)25(23,24)15(3)18(22)21-13-19(11-5-4-6-12-19)16-7-9-17(20)10-8-16/h7-10,14-15H,4-6,11-13H2,1-3H3,(H,21,22). The highest BCUT2D eigenvalue weighted by atomic mass is 32.2. The second-order valence-electron chi connectivity index (χ2n) is 7.35. The van der Waals surface area contributed by atoms with Gasteiger partial charge in [0.1, 0.15) is 11.1 Å². The molecule has 1 amide bonds. The Kier molecular flexibility index (Phi) is 6.25.